The predicted molar refractivity (Wildman–Crippen MR) is 73.4 cm³/mol. The van der Waals surface area contributed by atoms with Crippen LogP contribution in [0.3, 0.4) is 0 Å². The number of aryl methyl sites for hydroxylation is 1. The van der Waals surface area contributed by atoms with Crippen LogP contribution in [0.25, 0.3) is 0 Å². The number of nitro groups is 1. The van der Waals surface area contributed by atoms with E-state index in [2.05, 4.69) is 5.10 Å². The molecule has 1 unspecified atom stereocenters. The first kappa shape index (κ1) is 13.8. The van der Waals surface area contributed by atoms with Crippen LogP contribution < -0.4 is 10.6 Å². The van der Waals surface area contributed by atoms with Crippen molar-refractivity contribution in [1.29, 1.82) is 0 Å². The molecule has 7 nitrogen and oxygen atoms in total. The summed E-state index contributed by atoms with van der Waals surface area (Å²) in [4.78, 5) is 13.0. The smallest absolute Gasteiger partial charge is 0.333 e. The molecule has 0 aliphatic carbocycles. The van der Waals surface area contributed by atoms with Crippen LogP contribution in [0.4, 0.5) is 11.5 Å². The highest BCUT2D eigenvalue weighted by molar-refractivity contribution is 5.62. The van der Waals surface area contributed by atoms with Gasteiger partial charge in [0.15, 0.2) is 0 Å². The predicted octanol–water partition coefficient (Wildman–Crippen LogP) is 1.61. The Labute approximate surface area is 112 Å². The van der Waals surface area contributed by atoms with E-state index in [1.54, 1.807) is 11.6 Å². The van der Waals surface area contributed by atoms with E-state index in [1.165, 1.54) is 0 Å². The Morgan fingerprint density at radius 3 is 2.74 bits per heavy atom. The molecule has 1 aromatic rings. The number of rotatable bonds is 3. The Bertz CT molecular complexity index is 483. The normalized spacial score (nSPS) is 20.1. The zero-order chi connectivity index (χ0) is 14.2. The van der Waals surface area contributed by atoms with Gasteiger partial charge in [-0.3, -0.25) is 10.1 Å². The van der Waals surface area contributed by atoms with E-state index in [9.17, 15) is 10.1 Å². The summed E-state index contributed by atoms with van der Waals surface area (Å²) >= 11 is 0. The first-order chi connectivity index (χ1) is 8.91. The third-order valence-electron chi connectivity index (χ3n) is 3.46. The summed E-state index contributed by atoms with van der Waals surface area (Å²) in [5.41, 5.74) is 6.56. The summed E-state index contributed by atoms with van der Waals surface area (Å²) in [6.45, 7) is 7.09. The summed E-state index contributed by atoms with van der Waals surface area (Å²) in [5, 5.41) is 15.6. The fourth-order valence-electron chi connectivity index (χ4n) is 2.60. The first-order valence-electron chi connectivity index (χ1n) is 6.65. The van der Waals surface area contributed by atoms with Crippen molar-refractivity contribution in [3.05, 3.63) is 15.8 Å². The maximum Gasteiger partial charge on any atom is 0.333 e. The molecule has 0 spiro atoms. The number of hydrogen-bond acceptors (Lipinski definition) is 5. The Morgan fingerprint density at radius 1 is 1.53 bits per heavy atom. The molecule has 2 heterocycles. The van der Waals surface area contributed by atoms with E-state index in [0.717, 1.165) is 19.4 Å². The molecule has 1 aromatic heterocycles. The minimum Gasteiger partial charge on any atom is -0.350 e. The SMILES string of the molecule is Cc1nn(C(C)C)c(N2CCCC(N)C2)c1[N+](=O)[O-]. The molecule has 7 heteroatoms. The van der Waals surface area contributed by atoms with Crippen LogP contribution in [0.2, 0.25) is 0 Å². The molecule has 1 aliphatic rings. The maximum atomic E-state index is 11.3. The molecule has 0 bridgehead atoms. The maximum absolute atomic E-state index is 11.3. The van der Waals surface area contributed by atoms with E-state index >= 15 is 0 Å². The molecule has 1 aliphatic heterocycles. The highest BCUT2D eigenvalue weighted by Crippen LogP contribution is 2.35. The summed E-state index contributed by atoms with van der Waals surface area (Å²) in [5.74, 6) is 0.604. The minimum atomic E-state index is -0.337. The number of anilines is 1. The monoisotopic (exact) mass is 267 g/mol. The van der Waals surface area contributed by atoms with Gasteiger partial charge in [-0.2, -0.15) is 5.10 Å². The van der Waals surface area contributed by atoms with Crippen LogP contribution >= 0.6 is 0 Å². The van der Waals surface area contributed by atoms with E-state index in [4.69, 9.17) is 5.73 Å². The molecular weight excluding hydrogens is 246 g/mol. The molecule has 1 saturated heterocycles. The van der Waals surface area contributed by atoms with Crippen LogP contribution in [0, 0.1) is 17.0 Å². The second-order valence-electron chi connectivity index (χ2n) is 5.40. The lowest BCUT2D eigenvalue weighted by molar-refractivity contribution is -0.384. The summed E-state index contributed by atoms with van der Waals surface area (Å²) in [7, 11) is 0. The van der Waals surface area contributed by atoms with Crippen molar-refractivity contribution in [2.45, 2.75) is 45.7 Å². The van der Waals surface area contributed by atoms with Crippen molar-refractivity contribution in [2.24, 2.45) is 5.73 Å². The van der Waals surface area contributed by atoms with Crippen molar-refractivity contribution < 1.29 is 4.92 Å². The molecule has 1 atom stereocenters. The van der Waals surface area contributed by atoms with Crippen LogP contribution in [0.5, 0.6) is 0 Å². The van der Waals surface area contributed by atoms with Crippen LogP contribution in [0.15, 0.2) is 0 Å². The van der Waals surface area contributed by atoms with Crippen LogP contribution in [-0.2, 0) is 0 Å². The topological polar surface area (TPSA) is 90.2 Å². The van der Waals surface area contributed by atoms with Gasteiger partial charge in [-0.25, -0.2) is 4.68 Å². The molecule has 0 aromatic carbocycles. The van der Waals surface area contributed by atoms with Crippen LogP contribution in [0.1, 0.15) is 38.4 Å². The zero-order valence-electron chi connectivity index (χ0n) is 11.7. The van der Waals surface area contributed by atoms with Crippen molar-refractivity contribution in [2.75, 3.05) is 18.0 Å². The van der Waals surface area contributed by atoms with Gasteiger partial charge in [0.1, 0.15) is 5.69 Å². The van der Waals surface area contributed by atoms with E-state index in [-0.39, 0.29) is 22.7 Å². The molecular formula is C12H21N5O2. The van der Waals surface area contributed by atoms with Gasteiger partial charge in [-0.1, -0.05) is 0 Å². The summed E-state index contributed by atoms with van der Waals surface area (Å²) in [6, 6.07) is 0.157. The lowest BCUT2D eigenvalue weighted by Gasteiger charge is -2.32. The highest BCUT2D eigenvalue weighted by atomic mass is 16.6. The van der Waals surface area contributed by atoms with Crippen molar-refractivity contribution in [3.8, 4) is 0 Å². The Kier molecular flexibility index (Phi) is 3.75. The van der Waals surface area contributed by atoms with E-state index < -0.39 is 0 Å². The van der Waals surface area contributed by atoms with Crippen LogP contribution in [-0.4, -0.2) is 33.8 Å². The molecule has 2 N–H and O–H groups in total. The van der Waals surface area contributed by atoms with Gasteiger partial charge < -0.3 is 10.6 Å². The molecule has 0 amide bonds. The van der Waals surface area contributed by atoms with Gasteiger partial charge in [0.25, 0.3) is 0 Å². The minimum absolute atomic E-state index is 0.0733. The zero-order valence-corrected chi connectivity index (χ0v) is 11.7. The quantitative estimate of drug-likeness (QED) is 0.663. The number of hydrogen-bond donors (Lipinski definition) is 1. The van der Waals surface area contributed by atoms with Gasteiger partial charge in [-0.05, 0) is 33.6 Å². The number of piperidine rings is 1. The molecule has 0 radical (unpaired) electrons. The largest absolute Gasteiger partial charge is 0.350 e. The molecule has 106 valence electrons. The standard InChI is InChI=1S/C12H21N5O2/c1-8(2)16-12(11(17(18)19)9(3)14-16)15-6-4-5-10(13)7-15/h8,10H,4-7,13H2,1-3H3. The van der Waals surface area contributed by atoms with Crippen molar-refractivity contribution >= 4 is 11.5 Å². The third kappa shape index (κ3) is 2.56. The van der Waals surface area contributed by atoms with Gasteiger partial charge in [0.05, 0.1) is 4.92 Å². The lowest BCUT2D eigenvalue weighted by atomic mass is 10.1. The van der Waals surface area contributed by atoms with E-state index in [0.29, 0.717) is 18.1 Å². The summed E-state index contributed by atoms with van der Waals surface area (Å²) < 4.78 is 1.74. The number of aromatic nitrogens is 2. The van der Waals surface area contributed by atoms with Gasteiger partial charge in [0.2, 0.25) is 5.82 Å². The summed E-state index contributed by atoms with van der Waals surface area (Å²) in [6.07, 6.45) is 1.93. The average molecular weight is 267 g/mol. The van der Waals surface area contributed by atoms with Crippen molar-refractivity contribution in [1.82, 2.24) is 9.78 Å². The Balaban J connectivity index is 2.49. The average Bonchev–Trinajstić information content (AvgIpc) is 2.67. The molecule has 19 heavy (non-hydrogen) atoms. The first-order valence-corrected chi connectivity index (χ1v) is 6.65. The Morgan fingerprint density at radius 2 is 2.21 bits per heavy atom. The van der Waals surface area contributed by atoms with Gasteiger partial charge >= 0.3 is 5.69 Å². The molecule has 2 rings (SSSR count). The molecule has 1 fully saturated rings. The third-order valence-corrected chi connectivity index (χ3v) is 3.46. The second-order valence-corrected chi connectivity index (χ2v) is 5.40. The van der Waals surface area contributed by atoms with E-state index in [1.807, 2.05) is 18.7 Å². The molecule has 0 saturated carbocycles. The fraction of sp³-hybridized carbons (Fsp3) is 0.750. The van der Waals surface area contributed by atoms with Gasteiger partial charge in [-0.15, -0.1) is 0 Å². The number of nitrogens with zero attached hydrogens (tertiary/aromatic N) is 4. The Hall–Kier alpha value is -1.63. The van der Waals surface area contributed by atoms with Gasteiger partial charge in [0, 0.05) is 25.2 Å². The highest BCUT2D eigenvalue weighted by Gasteiger charge is 2.32. The number of nitrogens with two attached hydrogens (primary N) is 1. The fourth-order valence-corrected chi connectivity index (χ4v) is 2.60. The second kappa shape index (κ2) is 5.16. The lowest BCUT2D eigenvalue weighted by Crippen LogP contribution is -2.44. The van der Waals surface area contributed by atoms with Crippen molar-refractivity contribution in [3.63, 3.8) is 0 Å².